The van der Waals surface area contributed by atoms with Crippen LogP contribution in [0.5, 0.6) is 5.75 Å². The van der Waals surface area contributed by atoms with Gasteiger partial charge in [-0.1, -0.05) is 23.7 Å². The third kappa shape index (κ3) is 2.91. The summed E-state index contributed by atoms with van der Waals surface area (Å²) in [5.41, 5.74) is 1.53. The van der Waals surface area contributed by atoms with Crippen LogP contribution in [0.2, 0.25) is 5.02 Å². The van der Waals surface area contributed by atoms with Gasteiger partial charge in [0.05, 0.1) is 5.02 Å². The molecule has 1 heterocycles. The van der Waals surface area contributed by atoms with Crippen molar-refractivity contribution in [1.29, 1.82) is 0 Å². The Morgan fingerprint density at radius 3 is 2.65 bits per heavy atom. The second-order valence-corrected chi connectivity index (χ2v) is 3.67. The summed E-state index contributed by atoms with van der Waals surface area (Å²) in [5.74, 6) is -0.0389. The van der Waals surface area contributed by atoms with Crippen molar-refractivity contribution in [3.63, 3.8) is 0 Å². The minimum atomic E-state index is -2.89. The molecule has 0 radical (unpaired) electrons. The number of benzene rings is 1. The van der Waals surface area contributed by atoms with Gasteiger partial charge in [-0.05, 0) is 23.8 Å². The standard InChI is InChI=1S/C12H8ClF2NO/c13-10-4-3-8(6-11(10)17-12(14)15)9-2-1-5-16-7-9/h1-7,12H. The quantitative estimate of drug-likeness (QED) is 0.827. The molecule has 0 atom stereocenters. The smallest absolute Gasteiger partial charge is 0.387 e. The first-order valence-electron chi connectivity index (χ1n) is 4.81. The van der Waals surface area contributed by atoms with Gasteiger partial charge in [0, 0.05) is 18.0 Å². The van der Waals surface area contributed by atoms with E-state index in [2.05, 4.69) is 9.72 Å². The van der Waals surface area contributed by atoms with Gasteiger partial charge in [0.25, 0.3) is 0 Å². The van der Waals surface area contributed by atoms with Gasteiger partial charge >= 0.3 is 6.61 Å². The molecule has 0 unspecified atom stereocenters. The molecular formula is C12H8ClF2NO. The Hall–Kier alpha value is -1.68. The van der Waals surface area contributed by atoms with Crippen LogP contribution in [-0.4, -0.2) is 11.6 Å². The Labute approximate surface area is 102 Å². The number of hydrogen-bond donors (Lipinski definition) is 0. The van der Waals surface area contributed by atoms with E-state index in [1.807, 2.05) is 6.07 Å². The first-order valence-corrected chi connectivity index (χ1v) is 5.19. The summed E-state index contributed by atoms with van der Waals surface area (Å²) in [5, 5.41) is 0.151. The average Bonchev–Trinajstić information content (AvgIpc) is 2.32. The Morgan fingerprint density at radius 1 is 1.18 bits per heavy atom. The van der Waals surface area contributed by atoms with E-state index in [0.29, 0.717) is 0 Å². The molecule has 5 heteroatoms. The minimum Gasteiger partial charge on any atom is -0.433 e. The first kappa shape index (κ1) is 11.8. The van der Waals surface area contributed by atoms with Crippen molar-refractivity contribution < 1.29 is 13.5 Å². The highest BCUT2D eigenvalue weighted by Crippen LogP contribution is 2.31. The molecule has 2 nitrogen and oxygen atoms in total. The van der Waals surface area contributed by atoms with Crippen molar-refractivity contribution in [3.05, 3.63) is 47.7 Å². The maximum absolute atomic E-state index is 12.1. The van der Waals surface area contributed by atoms with Crippen LogP contribution < -0.4 is 4.74 Å². The Bertz CT molecular complexity index is 505. The fourth-order valence-electron chi connectivity index (χ4n) is 1.40. The third-order valence-electron chi connectivity index (χ3n) is 2.14. The monoisotopic (exact) mass is 255 g/mol. The molecule has 1 aromatic heterocycles. The van der Waals surface area contributed by atoms with Gasteiger partial charge in [-0.3, -0.25) is 4.98 Å². The Balaban J connectivity index is 2.37. The highest BCUT2D eigenvalue weighted by molar-refractivity contribution is 6.32. The van der Waals surface area contributed by atoms with Gasteiger partial charge in [-0.2, -0.15) is 8.78 Å². The Kier molecular flexibility index (Phi) is 3.54. The molecular weight excluding hydrogens is 248 g/mol. The predicted molar refractivity (Wildman–Crippen MR) is 61.3 cm³/mol. The molecule has 0 N–H and O–H groups in total. The first-order chi connectivity index (χ1) is 8.16. The lowest BCUT2D eigenvalue weighted by Gasteiger charge is -2.08. The van der Waals surface area contributed by atoms with Crippen LogP contribution in [0.1, 0.15) is 0 Å². The van der Waals surface area contributed by atoms with E-state index >= 15 is 0 Å². The van der Waals surface area contributed by atoms with Gasteiger partial charge in [0.15, 0.2) is 0 Å². The van der Waals surface area contributed by atoms with Crippen molar-refractivity contribution in [1.82, 2.24) is 4.98 Å². The molecule has 0 aliphatic rings. The maximum Gasteiger partial charge on any atom is 0.387 e. The van der Waals surface area contributed by atoms with Crippen molar-refractivity contribution in [3.8, 4) is 16.9 Å². The Morgan fingerprint density at radius 2 is 2.00 bits per heavy atom. The van der Waals surface area contributed by atoms with Crippen molar-refractivity contribution >= 4 is 11.6 Å². The van der Waals surface area contributed by atoms with Crippen LogP contribution in [0.4, 0.5) is 8.78 Å². The number of aromatic nitrogens is 1. The van der Waals surface area contributed by atoms with Crippen LogP contribution in [-0.2, 0) is 0 Å². The second kappa shape index (κ2) is 5.10. The zero-order valence-electron chi connectivity index (χ0n) is 8.61. The lowest BCUT2D eigenvalue weighted by atomic mass is 10.1. The summed E-state index contributed by atoms with van der Waals surface area (Å²) in [7, 11) is 0. The summed E-state index contributed by atoms with van der Waals surface area (Å²) in [6.07, 6.45) is 3.27. The fraction of sp³-hybridized carbons (Fsp3) is 0.0833. The third-order valence-corrected chi connectivity index (χ3v) is 2.45. The van der Waals surface area contributed by atoms with Crippen molar-refractivity contribution in [2.45, 2.75) is 6.61 Å². The average molecular weight is 256 g/mol. The zero-order chi connectivity index (χ0) is 12.3. The maximum atomic E-state index is 12.1. The molecule has 0 saturated heterocycles. The van der Waals surface area contributed by atoms with E-state index < -0.39 is 6.61 Å². The molecule has 2 rings (SSSR count). The highest BCUT2D eigenvalue weighted by Gasteiger charge is 2.10. The molecule has 0 bridgehead atoms. The largest absolute Gasteiger partial charge is 0.433 e. The number of rotatable bonds is 3. The highest BCUT2D eigenvalue weighted by atomic mass is 35.5. The van der Waals surface area contributed by atoms with E-state index in [0.717, 1.165) is 11.1 Å². The zero-order valence-corrected chi connectivity index (χ0v) is 9.36. The topological polar surface area (TPSA) is 22.1 Å². The molecule has 88 valence electrons. The van der Waals surface area contributed by atoms with Crippen LogP contribution in [0, 0.1) is 0 Å². The van der Waals surface area contributed by atoms with Gasteiger partial charge in [-0.25, -0.2) is 0 Å². The van der Waals surface area contributed by atoms with Gasteiger partial charge in [0.2, 0.25) is 0 Å². The van der Waals surface area contributed by atoms with Gasteiger partial charge < -0.3 is 4.74 Å². The predicted octanol–water partition coefficient (Wildman–Crippen LogP) is 4.00. The van der Waals surface area contributed by atoms with Crippen LogP contribution in [0.3, 0.4) is 0 Å². The molecule has 1 aromatic carbocycles. The summed E-state index contributed by atoms with van der Waals surface area (Å²) < 4.78 is 28.6. The molecule has 0 aliphatic carbocycles. The second-order valence-electron chi connectivity index (χ2n) is 3.27. The van der Waals surface area contributed by atoms with E-state index in [1.54, 1.807) is 24.5 Å². The number of alkyl halides is 2. The number of halogens is 3. The summed E-state index contributed by atoms with van der Waals surface area (Å²) in [4.78, 5) is 3.95. The number of pyridine rings is 1. The van der Waals surface area contributed by atoms with E-state index in [9.17, 15) is 8.78 Å². The minimum absolute atomic E-state index is 0.0389. The summed E-state index contributed by atoms with van der Waals surface area (Å²) in [6.45, 7) is -2.89. The lowest BCUT2D eigenvalue weighted by Crippen LogP contribution is -2.02. The van der Waals surface area contributed by atoms with Crippen molar-refractivity contribution in [2.75, 3.05) is 0 Å². The number of ether oxygens (including phenoxy) is 1. The van der Waals surface area contributed by atoms with Gasteiger partial charge in [-0.15, -0.1) is 0 Å². The van der Waals surface area contributed by atoms with E-state index in [-0.39, 0.29) is 10.8 Å². The van der Waals surface area contributed by atoms with Crippen LogP contribution >= 0.6 is 11.6 Å². The van der Waals surface area contributed by atoms with Crippen LogP contribution in [0.25, 0.3) is 11.1 Å². The van der Waals surface area contributed by atoms with E-state index in [1.165, 1.54) is 12.1 Å². The van der Waals surface area contributed by atoms with Crippen molar-refractivity contribution in [2.24, 2.45) is 0 Å². The number of nitrogens with zero attached hydrogens (tertiary/aromatic N) is 1. The molecule has 0 spiro atoms. The molecule has 0 aliphatic heterocycles. The molecule has 0 amide bonds. The van der Waals surface area contributed by atoms with E-state index in [4.69, 9.17) is 11.6 Å². The molecule has 2 aromatic rings. The molecule has 17 heavy (non-hydrogen) atoms. The summed E-state index contributed by atoms with van der Waals surface area (Å²) in [6, 6.07) is 8.28. The molecule has 0 saturated carbocycles. The normalized spacial score (nSPS) is 10.6. The SMILES string of the molecule is FC(F)Oc1cc(-c2cccnc2)ccc1Cl. The van der Waals surface area contributed by atoms with Crippen LogP contribution in [0.15, 0.2) is 42.7 Å². The number of hydrogen-bond acceptors (Lipinski definition) is 2. The lowest BCUT2D eigenvalue weighted by molar-refractivity contribution is -0.0497. The summed E-state index contributed by atoms with van der Waals surface area (Å²) >= 11 is 5.75. The fourth-order valence-corrected chi connectivity index (χ4v) is 1.56. The van der Waals surface area contributed by atoms with Gasteiger partial charge in [0.1, 0.15) is 5.75 Å². The molecule has 0 fully saturated rings.